The van der Waals surface area contributed by atoms with E-state index in [2.05, 4.69) is 15.2 Å². The minimum atomic E-state index is -0.341. The lowest BCUT2D eigenvalue weighted by Crippen LogP contribution is -2.47. The van der Waals surface area contributed by atoms with Crippen molar-refractivity contribution in [2.45, 2.75) is 45.1 Å². The highest BCUT2D eigenvalue weighted by Gasteiger charge is 2.41. The summed E-state index contributed by atoms with van der Waals surface area (Å²) in [6.07, 6.45) is 2.15. The molecular weight excluding hydrogens is 413 g/mol. The van der Waals surface area contributed by atoms with Gasteiger partial charge in [-0.05, 0) is 63.4 Å². The van der Waals surface area contributed by atoms with Gasteiger partial charge in [0.05, 0.1) is 5.69 Å². The van der Waals surface area contributed by atoms with E-state index < -0.39 is 0 Å². The molecule has 1 aliphatic heterocycles. The van der Waals surface area contributed by atoms with Crippen molar-refractivity contribution in [3.05, 3.63) is 53.4 Å². The standard InChI is InChI=1S/C23H28FN5O3/c1-16-14-17(2)29(26-16)15-20(30)28-11-8-23(9-12-28,10-13-31-3)22-25-21(32-27-22)18-4-6-19(24)7-5-18/h4-7,14H,8-13,15H2,1-3H3. The number of halogens is 1. The van der Waals surface area contributed by atoms with E-state index in [4.69, 9.17) is 9.26 Å². The maximum atomic E-state index is 13.2. The summed E-state index contributed by atoms with van der Waals surface area (Å²) in [6, 6.07) is 7.94. The molecule has 2 aromatic heterocycles. The number of piperidine rings is 1. The van der Waals surface area contributed by atoms with Crippen molar-refractivity contribution in [2.75, 3.05) is 26.8 Å². The van der Waals surface area contributed by atoms with E-state index in [1.54, 1.807) is 23.9 Å². The molecule has 1 fully saturated rings. The van der Waals surface area contributed by atoms with Crippen LogP contribution in [0.15, 0.2) is 34.9 Å². The molecule has 0 bridgehead atoms. The van der Waals surface area contributed by atoms with Crippen molar-refractivity contribution in [2.24, 2.45) is 0 Å². The molecule has 8 nitrogen and oxygen atoms in total. The number of likely N-dealkylation sites (tertiary alicyclic amines) is 1. The average Bonchev–Trinajstić information content (AvgIpc) is 3.40. The number of nitrogens with zero attached hydrogens (tertiary/aromatic N) is 5. The molecule has 4 rings (SSSR count). The molecule has 1 aliphatic rings. The summed E-state index contributed by atoms with van der Waals surface area (Å²) < 4.78 is 25.8. The number of aromatic nitrogens is 4. The van der Waals surface area contributed by atoms with Gasteiger partial charge < -0.3 is 14.2 Å². The van der Waals surface area contributed by atoms with Gasteiger partial charge in [0.25, 0.3) is 5.89 Å². The fourth-order valence-electron chi connectivity index (χ4n) is 4.28. The minimum Gasteiger partial charge on any atom is -0.385 e. The molecule has 3 heterocycles. The van der Waals surface area contributed by atoms with E-state index in [9.17, 15) is 9.18 Å². The van der Waals surface area contributed by atoms with Gasteiger partial charge in [0.1, 0.15) is 12.4 Å². The Hall–Kier alpha value is -3.07. The normalized spacial score (nSPS) is 15.8. The predicted molar refractivity (Wildman–Crippen MR) is 115 cm³/mol. The number of ether oxygens (including phenoxy) is 1. The van der Waals surface area contributed by atoms with E-state index in [1.165, 1.54) is 12.1 Å². The summed E-state index contributed by atoms with van der Waals surface area (Å²) in [4.78, 5) is 19.4. The number of methoxy groups -OCH3 is 1. The van der Waals surface area contributed by atoms with Crippen molar-refractivity contribution in [1.82, 2.24) is 24.8 Å². The van der Waals surface area contributed by atoms with E-state index in [0.29, 0.717) is 49.8 Å². The summed E-state index contributed by atoms with van der Waals surface area (Å²) in [5, 5.41) is 8.66. The zero-order chi connectivity index (χ0) is 22.7. The lowest BCUT2D eigenvalue weighted by Gasteiger charge is -2.39. The topological polar surface area (TPSA) is 86.3 Å². The number of benzene rings is 1. The summed E-state index contributed by atoms with van der Waals surface area (Å²) in [5.41, 5.74) is 2.21. The summed E-state index contributed by atoms with van der Waals surface area (Å²) in [7, 11) is 1.67. The Labute approximate surface area is 186 Å². The van der Waals surface area contributed by atoms with Crippen molar-refractivity contribution in [3.63, 3.8) is 0 Å². The van der Waals surface area contributed by atoms with Crippen molar-refractivity contribution < 1.29 is 18.4 Å². The van der Waals surface area contributed by atoms with Gasteiger partial charge in [0, 0.05) is 43.5 Å². The number of amides is 1. The largest absolute Gasteiger partial charge is 0.385 e. The molecule has 9 heteroatoms. The SMILES string of the molecule is COCCC1(c2noc(-c3ccc(F)cc3)n2)CCN(C(=O)Cn2nc(C)cc2C)CC1. The molecule has 0 atom stereocenters. The van der Waals surface area contributed by atoms with Crippen LogP contribution in [0.25, 0.3) is 11.5 Å². The van der Waals surface area contributed by atoms with Crippen LogP contribution in [0.4, 0.5) is 4.39 Å². The van der Waals surface area contributed by atoms with Crippen molar-refractivity contribution >= 4 is 5.91 Å². The van der Waals surface area contributed by atoms with Gasteiger partial charge in [-0.25, -0.2) is 4.39 Å². The lowest BCUT2D eigenvalue weighted by molar-refractivity contribution is -0.133. The van der Waals surface area contributed by atoms with E-state index in [1.807, 2.05) is 24.8 Å². The second-order valence-electron chi connectivity index (χ2n) is 8.42. The van der Waals surface area contributed by atoms with Crippen molar-refractivity contribution in [3.8, 4) is 11.5 Å². The predicted octanol–water partition coefficient (Wildman–Crippen LogP) is 3.29. The Balaban J connectivity index is 1.48. The zero-order valence-electron chi connectivity index (χ0n) is 18.7. The Morgan fingerprint density at radius 1 is 1.22 bits per heavy atom. The minimum absolute atomic E-state index is 0.0525. The molecule has 0 saturated carbocycles. The third-order valence-corrected chi connectivity index (χ3v) is 6.24. The number of aryl methyl sites for hydroxylation is 2. The molecule has 32 heavy (non-hydrogen) atoms. The van der Waals surface area contributed by atoms with Gasteiger partial charge in [-0.15, -0.1) is 0 Å². The van der Waals surface area contributed by atoms with Crippen LogP contribution in [-0.2, 0) is 21.5 Å². The molecule has 1 amide bonds. The number of rotatable bonds is 7. The van der Waals surface area contributed by atoms with Crippen LogP contribution >= 0.6 is 0 Å². The number of carbonyl (C=O) groups excluding carboxylic acids is 1. The number of hydrogen-bond acceptors (Lipinski definition) is 6. The van der Waals surface area contributed by atoms with Gasteiger partial charge in [0.2, 0.25) is 5.91 Å². The third kappa shape index (κ3) is 4.57. The maximum Gasteiger partial charge on any atom is 0.257 e. The highest BCUT2D eigenvalue weighted by Crippen LogP contribution is 2.38. The third-order valence-electron chi connectivity index (χ3n) is 6.24. The Morgan fingerprint density at radius 2 is 1.94 bits per heavy atom. The lowest BCUT2D eigenvalue weighted by atomic mass is 9.75. The molecule has 3 aromatic rings. The van der Waals surface area contributed by atoms with Gasteiger partial charge in [-0.3, -0.25) is 9.48 Å². The van der Waals surface area contributed by atoms with E-state index in [-0.39, 0.29) is 23.7 Å². The monoisotopic (exact) mass is 441 g/mol. The smallest absolute Gasteiger partial charge is 0.257 e. The second-order valence-corrected chi connectivity index (χ2v) is 8.42. The fraction of sp³-hybridized carbons (Fsp3) is 0.478. The summed E-state index contributed by atoms with van der Waals surface area (Å²) in [6.45, 7) is 5.87. The fourth-order valence-corrected chi connectivity index (χ4v) is 4.28. The molecular formula is C23H28FN5O3. The number of hydrogen-bond donors (Lipinski definition) is 0. The first-order valence-electron chi connectivity index (χ1n) is 10.8. The van der Waals surface area contributed by atoms with E-state index in [0.717, 1.165) is 17.8 Å². The van der Waals surface area contributed by atoms with Crippen LogP contribution < -0.4 is 0 Å². The maximum absolute atomic E-state index is 13.2. The zero-order valence-corrected chi connectivity index (χ0v) is 18.7. The molecule has 0 spiro atoms. The first-order chi connectivity index (χ1) is 15.4. The first-order valence-corrected chi connectivity index (χ1v) is 10.8. The molecule has 1 saturated heterocycles. The van der Waals surface area contributed by atoms with E-state index >= 15 is 0 Å². The van der Waals surface area contributed by atoms with Crippen LogP contribution in [0, 0.1) is 19.7 Å². The molecule has 170 valence electrons. The Morgan fingerprint density at radius 3 is 2.56 bits per heavy atom. The Kier molecular flexibility index (Phi) is 6.36. The van der Waals surface area contributed by atoms with Crippen LogP contribution in [0.2, 0.25) is 0 Å². The Bertz CT molecular complexity index is 1070. The molecule has 0 radical (unpaired) electrons. The quantitative estimate of drug-likeness (QED) is 0.559. The molecule has 1 aromatic carbocycles. The van der Waals surface area contributed by atoms with Crippen LogP contribution in [0.1, 0.15) is 36.5 Å². The average molecular weight is 442 g/mol. The van der Waals surface area contributed by atoms with Crippen molar-refractivity contribution in [1.29, 1.82) is 0 Å². The highest BCUT2D eigenvalue weighted by atomic mass is 19.1. The molecule has 0 N–H and O–H groups in total. The van der Waals surface area contributed by atoms with Gasteiger partial charge in [-0.2, -0.15) is 10.1 Å². The summed E-state index contributed by atoms with van der Waals surface area (Å²) in [5.74, 6) is 0.707. The van der Waals surface area contributed by atoms with Gasteiger partial charge in [-0.1, -0.05) is 5.16 Å². The number of carbonyl (C=O) groups is 1. The van der Waals surface area contributed by atoms with Crippen LogP contribution in [0.5, 0.6) is 0 Å². The highest BCUT2D eigenvalue weighted by molar-refractivity contribution is 5.76. The second kappa shape index (κ2) is 9.20. The van der Waals surface area contributed by atoms with Crippen LogP contribution in [-0.4, -0.2) is 57.5 Å². The molecule has 0 aliphatic carbocycles. The van der Waals surface area contributed by atoms with Crippen LogP contribution in [0.3, 0.4) is 0 Å². The van der Waals surface area contributed by atoms with Gasteiger partial charge in [0.15, 0.2) is 5.82 Å². The molecule has 0 unspecified atom stereocenters. The first kappa shape index (κ1) is 22.1. The summed E-state index contributed by atoms with van der Waals surface area (Å²) >= 11 is 0. The van der Waals surface area contributed by atoms with Gasteiger partial charge >= 0.3 is 0 Å².